The summed E-state index contributed by atoms with van der Waals surface area (Å²) in [4.78, 5) is 24.5. The number of benzene rings is 1. The van der Waals surface area contributed by atoms with Crippen molar-refractivity contribution in [1.29, 1.82) is 0 Å². The largest absolute Gasteiger partial charge is 0.480 e. The molecule has 0 aliphatic carbocycles. The summed E-state index contributed by atoms with van der Waals surface area (Å²) < 4.78 is 0. The van der Waals surface area contributed by atoms with Gasteiger partial charge in [0.05, 0.1) is 6.20 Å². The molecule has 6 nitrogen and oxygen atoms in total. The van der Waals surface area contributed by atoms with E-state index in [1.165, 1.54) is 0 Å². The Labute approximate surface area is 141 Å². The number of carboxylic acids is 1. The van der Waals surface area contributed by atoms with Gasteiger partial charge in [-0.15, -0.1) is 0 Å². The van der Waals surface area contributed by atoms with E-state index in [9.17, 15) is 9.90 Å². The molecule has 0 amide bonds. The van der Waals surface area contributed by atoms with Crippen LogP contribution in [0.1, 0.15) is 22.7 Å². The van der Waals surface area contributed by atoms with Gasteiger partial charge in [0.1, 0.15) is 11.9 Å². The zero-order chi connectivity index (χ0) is 17.1. The summed E-state index contributed by atoms with van der Waals surface area (Å²) in [6.07, 6.45) is 5.08. The van der Waals surface area contributed by atoms with Crippen LogP contribution in [0.4, 0.5) is 5.82 Å². The van der Waals surface area contributed by atoms with E-state index in [0.717, 1.165) is 35.6 Å². The van der Waals surface area contributed by atoms with Gasteiger partial charge in [0, 0.05) is 38.6 Å². The van der Waals surface area contributed by atoms with Crippen molar-refractivity contribution in [3.05, 3.63) is 53.5 Å². The van der Waals surface area contributed by atoms with Crippen molar-refractivity contribution in [2.45, 2.75) is 19.9 Å². The number of anilines is 1. The molecule has 0 bridgehead atoms. The first-order valence-electron chi connectivity index (χ1n) is 8.11. The third kappa shape index (κ3) is 3.38. The van der Waals surface area contributed by atoms with Crippen molar-refractivity contribution in [3.63, 3.8) is 0 Å². The number of aryl methyl sites for hydroxylation is 2. The Balaban J connectivity index is 1.76. The molecular formula is C18H22N4O2. The Morgan fingerprint density at radius 1 is 1.17 bits per heavy atom. The Morgan fingerprint density at radius 3 is 2.50 bits per heavy atom. The van der Waals surface area contributed by atoms with E-state index in [4.69, 9.17) is 0 Å². The van der Waals surface area contributed by atoms with Gasteiger partial charge in [0.2, 0.25) is 0 Å². The fraction of sp³-hybridized carbons (Fsp3) is 0.389. The van der Waals surface area contributed by atoms with E-state index in [2.05, 4.69) is 14.9 Å². The summed E-state index contributed by atoms with van der Waals surface area (Å²) >= 11 is 0. The maximum Gasteiger partial charge on any atom is 0.325 e. The van der Waals surface area contributed by atoms with Gasteiger partial charge in [-0.1, -0.05) is 23.8 Å². The molecule has 24 heavy (non-hydrogen) atoms. The molecule has 1 aliphatic heterocycles. The van der Waals surface area contributed by atoms with Crippen LogP contribution in [0.3, 0.4) is 0 Å². The van der Waals surface area contributed by atoms with Gasteiger partial charge in [-0.25, -0.2) is 4.98 Å². The number of aromatic nitrogens is 2. The van der Waals surface area contributed by atoms with Crippen molar-refractivity contribution >= 4 is 11.8 Å². The van der Waals surface area contributed by atoms with Crippen LogP contribution >= 0.6 is 0 Å². The van der Waals surface area contributed by atoms with Crippen molar-refractivity contribution in [2.75, 3.05) is 31.1 Å². The van der Waals surface area contributed by atoms with Crippen molar-refractivity contribution < 1.29 is 9.90 Å². The molecule has 1 aromatic carbocycles. The number of hydrogen-bond donors (Lipinski definition) is 1. The highest BCUT2D eigenvalue weighted by molar-refractivity contribution is 5.76. The second-order valence-corrected chi connectivity index (χ2v) is 6.19. The van der Waals surface area contributed by atoms with Gasteiger partial charge in [-0.05, 0) is 25.0 Å². The summed E-state index contributed by atoms with van der Waals surface area (Å²) in [6.45, 7) is 6.85. The topological polar surface area (TPSA) is 69.6 Å². The highest BCUT2D eigenvalue weighted by Gasteiger charge is 2.31. The molecule has 1 aromatic heterocycles. The molecule has 2 heterocycles. The molecule has 0 saturated carbocycles. The minimum atomic E-state index is -0.796. The molecule has 0 unspecified atom stereocenters. The summed E-state index contributed by atoms with van der Waals surface area (Å²) in [7, 11) is 0. The zero-order valence-electron chi connectivity index (χ0n) is 14.0. The van der Waals surface area contributed by atoms with Crippen molar-refractivity contribution in [2.24, 2.45) is 0 Å². The van der Waals surface area contributed by atoms with Gasteiger partial charge >= 0.3 is 5.97 Å². The molecule has 1 aliphatic rings. The Bertz CT molecular complexity index is 712. The molecule has 6 heteroatoms. The van der Waals surface area contributed by atoms with Gasteiger partial charge in [0.25, 0.3) is 0 Å². The van der Waals surface area contributed by atoms with Crippen molar-refractivity contribution in [3.8, 4) is 0 Å². The average Bonchev–Trinajstić information content (AvgIpc) is 2.58. The van der Waals surface area contributed by atoms with Crippen LogP contribution in [-0.2, 0) is 4.79 Å². The lowest BCUT2D eigenvalue weighted by atomic mass is 9.97. The minimum absolute atomic E-state index is 0.602. The molecule has 1 N–H and O–H groups in total. The Morgan fingerprint density at radius 2 is 1.92 bits per heavy atom. The number of aliphatic carboxylic acids is 1. The summed E-state index contributed by atoms with van der Waals surface area (Å²) in [5.41, 5.74) is 3.05. The predicted octanol–water partition coefficient (Wildman–Crippen LogP) is 2.04. The summed E-state index contributed by atoms with van der Waals surface area (Å²) in [5.74, 6) is 0.0467. The van der Waals surface area contributed by atoms with Gasteiger partial charge in [-0.2, -0.15) is 0 Å². The second kappa shape index (κ2) is 6.97. The standard InChI is InChI=1S/C18H22N4O2/c1-13-3-4-15(14(2)11-13)17(18(23)24)22-9-7-21(8-10-22)16-12-19-5-6-20-16/h3-6,11-12,17H,7-10H2,1-2H3,(H,23,24)/t17-/m0/s1. The average molecular weight is 326 g/mol. The lowest BCUT2D eigenvalue weighted by Gasteiger charge is -2.38. The van der Waals surface area contributed by atoms with Crippen molar-refractivity contribution in [1.82, 2.24) is 14.9 Å². The fourth-order valence-corrected chi connectivity index (χ4v) is 3.28. The third-order valence-corrected chi connectivity index (χ3v) is 4.51. The SMILES string of the molecule is Cc1ccc([C@@H](C(=O)O)N2CCN(c3cnccn3)CC2)c(C)c1. The third-order valence-electron chi connectivity index (χ3n) is 4.51. The van der Waals surface area contributed by atoms with Crippen LogP contribution in [0.5, 0.6) is 0 Å². The molecule has 1 atom stereocenters. The molecule has 1 fully saturated rings. The first-order valence-corrected chi connectivity index (χ1v) is 8.11. The predicted molar refractivity (Wildman–Crippen MR) is 92.1 cm³/mol. The molecule has 3 rings (SSSR count). The van der Waals surface area contributed by atoms with E-state index in [1.54, 1.807) is 18.6 Å². The second-order valence-electron chi connectivity index (χ2n) is 6.19. The monoisotopic (exact) mass is 326 g/mol. The maximum absolute atomic E-state index is 11.9. The molecular weight excluding hydrogens is 304 g/mol. The number of hydrogen-bond acceptors (Lipinski definition) is 5. The molecule has 0 radical (unpaired) electrons. The quantitative estimate of drug-likeness (QED) is 0.927. The van der Waals surface area contributed by atoms with E-state index < -0.39 is 12.0 Å². The number of rotatable bonds is 4. The number of carboxylic acid groups (broad SMARTS) is 1. The van der Waals surface area contributed by atoms with E-state index in [1.807, 2.05) is 36.9 Å². The fourth-order valence-electron chi connectivity index (χ4n) is 3.28. The molecule has 1 saturated heterocycles. The first kappa shape index (κ1) is 16.4. The first-order chi connectivity index (χ1) is 11.6. The minimum Gasteiger partial charge on any atom is -0.480 e. The number of nitrogens with zero attached hydrogens (tertiary/aromatic N) is 4. The summed E-state index contributed by atoms with van der Waals surface area (Å²) in [6, 6.07) is 5.36. The normalized spacial score (nSPS) is 16.8. The van der Waals surface area contributed by atoms with Gasteiger partial charge < -0.3 is 10.0 Å². The molecule has 2 aromatic rings. The summed E-state index contributed by atoms with van der Waals surface area (Å²) in [5, 5.41) is 9.78. The van der Waals surface area contributed by atoms with Crippen LogP contribution in [0.15, 0.2) is 36.8 Å². The number of piperazine rings is 1. The maximum atomic E-state index is 11.9. The van der Waals surface area contributed by atoms with Crippen LogP contribution < -0.4 is 4.90 Å². The molecule has 126 valence electrons. The van der Waals surface area contributed by atoms with Crippen LogP contribution in [0.2, 0.25) is 0 Å². The Hall–Kier alpha value is -2.47. The van der Waals surface area contributed by atoms with Gasteiger partial charge in [0.15, 0.2) is 0 Å². The van der Waals surface area contributed by atoms with Gasteiger partial charge in [-0.3, -0.25) is 14.7 Å². The van der Waals surface area contributed by atoms with Crippen LogP contribution in [0.25, 0.3) is 0 Å². The molecule has 0 spiro atoms. The van der Waals surface area contributed by atoms with E-state index >= 15 is 0 Å². The highest BCUT2D eigenvalue weighted by Crippen LogP contribution is 2.27. The van der Waals surface area contributed by atoms with Crippen LogP contribution in [-0.4, -0.2) is 52.1 Å². The lowest BCUT2D eigenvalue weighted by molar-refractivity contribution is -0.143. The Kier molecular flexibility index (Phi) is 4.76. The van der Waals surface area contributed by atoms with Crippen LogP contribution in [0, 0.1) is 13.8 Å². The highest BCUT2D eigenvalue weighted by atomic mass is 16.4. The van der Waals surface area contributed by atoms with E-state index in [0.29, 0.717) is 13.1 Å². The zero-order valence-corrected chi connectivity index (χ0v) is 14.0. The number of carbonyl (C=O) groups is 1. The van der Waals surface area contributed by atoms with E-state index in [-0.39, 0.29) is 0 Å². The lowest BCUT2D eigenvalue weighted by Crippen LogP contribution is -2.49. The smallest absolute Gasteiger partial charge is 0.325 e.